The fraction of sp³-hybridized carbons (Fsp3) is 0.750. The second-order valence-corrected chi connectivity index (χ2v) is 4.80. The van der Waals surface area contributed by atoms with E-state index in [0.717, 1.165) is 19.4 Å². The average molecular weight is 284 g/mol. The van der Waals surface area contributed by atoms with Gasteiger partial charge in [0.15, 0.2) is 0 Å². The number of ether oxygens (including phenoxy) is 2. The first-order valence-corrected chi connectivity index (χ1v) is 6.70. The molecule has 0 aromatic carbocycles. The lowest BCUT2D eigenvalue weighted by Gasteiger charge is -2.10. The van der Waals surface area contributed by atoms with Crippen LogP contribution in [0.1, 0.15) is 18.5 Å². The fourth-order valence-electron chi connectivity index (χ4n) is 2.30. The Bertz CT molecular complexity index is 468. The van der Waals surface area contributed by atoms with Crippen LogP contribution in [0.3, 0.4) is 0 Å². The van der Waals surface area contributed by atoms with Crippen molar-refractivity contribution < 1.29 is 14.4 Å². The number of anilines is 1. The topological polar surface area (TPSA) is 91.5 Å². The summed E-state index contributed by atoms with van der Waals surface area (Å²) in [5, 5.41) is 18.0. The Morgan fingerprint density at radius 2 is 2.45 bits per heavy atom. The van der Waals surface area contributed by atoms with E-state index in [-0.39, 0.29) is 11.8 Å². The normalized spacial score (nSPS) is 18.4. The number of nitrogens with one attached hydrogen (secondary N) is 1. The first-order valence-electron chi connectivity index (χ1n) is 6.70. The van der Waals surface area contributed by atoms with Crippen molar-refractivity contribution in [3.05, 3.63) is 15.8 Å². The van der Waals surface area contributed by atoms with Crippen molar-refractivity contribution in [3.63, 3.8) is 0 Å². The monoisotopic (exact) mass is 284 g/mol. The highest BCUT2D eigenvalue weighted by molar-refractivity contribution is 5.59. The molecule has 112 valence electrons. The van der Waals surface area contributed by atoms with Gasteiger partial charge in [-0.3, -0.25) is 10.1 Å². The second-order valence-electron chi connectivity index (χ2n) is 4.80. The van der Waals surface area contributed by atoms with Crippen molar-refractivity contribution in [1.29, 1.82) is 0 Å². The highest BCUT2D eigenvalue weighted by Gasteiger charge is 2.23. The maximum Gasteiger partial charge on any atom is 0.333 e. The van der Waals surface area contributed by atoms with E-state index >= 15 is 0 Å². The molecule has 1 N–H and O–H groups in total. The Morgan fingerprint density at radius 1 is 1.65 bits per heavy atom. The number of nitro groups is 1. The number of aryl methyl sites for hydroxylation is 2. The first kappa shape index (κ1) is 14.7. The summed E-state index contributed by atoms with van der Waals surface area (Å²) in [5.41, 5.74) is 0.423. The third kappa shape index (κ3) is 3.45. The largest absolute Gasteiger partial charge is 0.377 e. The first-order chi connectivity index (χ1) is 9.59. The molecule has 2 heterocycles. The van der Waals surface area contributed by atoms with Crippen molar-refractivity contribution in [2.24, 2.45) is 7.05 Å². The Morgan fingerprint density at radius 3 is 3.10 bits per heavy atom. The van der Waals surface area contributed by atoms with Gasteiger partial charge >= 0.3 is 5.69 Å². The summed E-state index contributed by atoms with van der Waals surface area (Å²) in [6.07, 6.45) is 2.33. The van der Waals surface area contributed by atoms with Gasteiger partial charge in [-0.05, 0) is 19.8 Å². The van der Waals surface area contributed by atoms with Crippen molar-refractivity contribution in [2.75, 3.05) is 31.7 Å². The average Bonchev–Trinajstić information content (AvgIpc) is 2.97. The van der Waals surface area contributed by atoms with Gasteiger partial charge in [-0.15, -0.1) is 0 Å². The van der Waals surface area contributed by atoms with Crippen LogP contribution in [0.15, 0.2) is 0 Å². The van der Waals surface area contributed by atoms with Gasteiger partial charge in [0.05, 0.1) is 24.2 Å². The SMILES string of the molecule is Cc1nn(C)c(NCCOCC2CCCO2)c1[N+](=O)[O-]. The maximum atomic E-state index is 11.0. The molecule has 0 bridgehead atoms. The summed E-state index contributed by atoms with van der Waals surface area (Å²) in [6, 6.07) is 0. The quantitative estimate of drug-likeness (QED) is 0.460. The zero-order chi connectivity index (χ0) is 14.5. The van der Waals surface area contributed by atoms with Gasteiger partial charge in [0.25, 0.3) is 0 Å². The smallest absolute Gasteiger partial charge is 0.333 e. The minimum Gasteiger partial charge on any atom is -0.377 e. The third-order valence-electron chi connectivity index (χ3n) is 3.24. The standard InChI is InChI=1S/C12H20N4O4/c1-9-11(16(17)18)12(15(2)14-9)13-5-7-19-8-10-4-3-6-20-10/h10,13H,3-8H2,1-2H3. The summed E-state index contributed by atoms with van der Waals surface area (Å²) in [5.74, 6) is 0.410. The molecule has 0 radical (unpaired) electrons. The lowest BCUT2D eigenvalue weighted by atomic mass is 10.2. The van der Waals surface area contributed by atoms with E-state index in [9.17, 15) is 10.1 Å². The molecule has 0 spiro atoms. The molecule has 1 aliphatic heterocycles. The minimum atomic E-state index is -0.419. The predicted octanol–water partition coefficient (Wildman–Crippen LogP) is 1.24. The molecule has 8 nitrogen and oxygen atoms in total. The third-order valence-corrected chi connectivity index (χ3v) is 3.24. The highest BCUT2D eigenvalue weighted by atomic mass is 16.6. The molecule has 0 saturated carbocycles. The molecule has 2 rings (SSSR count). The van der Waals surface area contributed by atoms with Gasteiger partial charge in [-0.25, -0.2) is 4.68 Å². The molecule has 1 atom stereocenters. The molecule has 1 saturated heterocycles. The van der Waals surface area contributed by atoms with Crippen LogP contribution in [0.4, 0.5) is 11.5 Å². The van der Waals surface area contributed by atoms with Crippen LogP contribution in [0, 0.1) is 17.0 Å². The zero-order valence-corrected chi connectivity index (χ0v) is 11.8. The second kappa shape index (κ2) is 6.67. The lowest BCUT2D eigenvalue weighted by Crippen LogP contribution is -2.18. The molecule has 0 amide bonds. The van der Waals surface area contributed by atoms with Gasteiger partial charge in [-0.1, -0.05) is 0 Å². The molecule has 20 heavy (non-hydrogen) atoms. The van der Waals surface area contributed by atoms with Gasteiger partial charge in [-0.2, -0.15) is 5.10 Å². The lowest BCUT2D eigenvalue weighted by molar-refractivity contribution is -0.384. The fourth-order valence-corrected chi connectivity index (χ4v) is 2.30. The van der Waals surface area contributed by atoms with E-state index in [1.807, 2.05) is 0 Å². The van der Waals surface area contributed by atoms with Gasteiger partial charge in [0.1, 0.15) is 5.69 Å². The molecular formula is C12H20N4O4. The highest BCUT2D eigenvalue weighted by Crippen LogP contribution is 2.26. The van der Waals surface area contributed by atoms with Crippen LogP contribution in [0.2, 0.25) is 0 Å². The van der Waals surface area contributed by atoms with Crippen LogP contribution in [0.5, 0.6) is 0 Å². The minimum absolute atomic E-state index is 0.0200. The molecule has 8 heteroatoms. The van der Waals surface area contributed by atoms with Crippen LogP contribution >= 0.6 is 0 Å². The predicted molar refractivity (Wildman–Crippen MR) is 72.9 cm³/mol. The van der Waals surface area contributed by atoms with Crippen LogP contribution in [-0.2, 0) is 16.5 Å². The molecule has 1 aliphatic rings. The van der Waals surface area contributed by atoms with Crippen LogP contribution < -0.4 is 5.32 Å². The molecule has 1 fully saturated rings. The van der Waals surface area contributed by atoms with Gasteiger partial charge in [0, 0.05) is 20.2 Å². The molecule has 1 aromatic rings. The van der Waals surface area contributed by atoms with E-state index < -0.39 is 4.92 Å². The van der Waals surface area contributed by atoms with E-state index in [1.165, 1.54) is 4.68 Å². The van der Waals surface area contributed by atoms with E-state index in [4.69, 9.17) is 9.47 Å². The number of nitrogens with zero attached hydrogens (tertiary/aromatic N) is 3. The summed E-state index contributed by atoms with van der Waals surface area (Å²) in [7, 11) is 1.68. The summed E-state index contributed by atoms with van der Waals surface area (Å²) in [6.45, 7) is 3.98. The number of aromatic nitrogens is 2. The zero-order valence-electron chi connectivity index (χ0n) is 11.8. The Balaban J connectivity index is 1.77. The Kier molecular flexibility index (Phi) is 4.91. The summed E-state index contributed by atoms with van der Waals surface area (Å²) < 4.78 is 12.4. The molecule has 0 aliphatic carbocycles. The van der Waals surface area contributed by atoms with E-state index in [1.54, 1.807) is 14.0 Å². The van der Waals surface area contributed by atoms with Crippen molar-refractivity contribution in [1.82, 2.24) is 9.78 Å². The maximum absolute atomic E-state index is 11.0. The van der Waals surface area contributed by atoms with Gasteiger partial charge < -0.3 is 14.8 Å². The van der Waals surface area contributed by atoms with Crippen molar-refractivity contribution >= 4 is 11.5 Å². The van der Waals surface area contributed by atoms with E-state index in [0.29, 0.717) is 31.3 Å². The molecule has 1 aromatic heterocycles. The number of hydrogen-bond acceptors (Lipinski definition) is 6. The van der Waals surface area contributed by atoms with Crippen LogP contribution in [0.25, 0.3) is 0 Å². The van der Waals surface area contributed by atoms with Gasteiger partial charge in [0.2, 0.25) is 5.82 Å². The summed E-state index contributed by atoms with van der Waals surface area (Å²) in [4.78, 5) is 10.6. The van der Waals surface area contributed by atoms with Crippen molar-refractivity contribution in [2.45, 2.75) is 25.9 Å². The van der Waals surface area contributed by atoms with Crippen LogP contribution in [-0.4, -0.2) is 47.2 Å². The Labute approximate surface area is 117 Å². The van der Waals surface area contributed by atoms with E-state index in [2.05, 4.69) is 10.4 Å². The summed E-state index contributed by atoms with van der Waals surface area (Å²) >= 11 is 0. The number of hydrogen-bond donors (Lipinski definition) is 1. The number of rotatable bonds is 7. The van der Waals surface area contributed by atoms with Crippen molar-refractivity contribution in [3.8, 4) is 0 Å². The molecule has 1 unspecified atom stereocenters. The Hall–Kier alpha value is -1.67. The molecular weight excluding hydrogens is 264 g/mol.